The number of pyridine rings is 1. The van der Waals surface area contributed by atoms with Crippen LogP contribution < -0.4 is 0 Å². The van der Waals surface area contributed by atoms with E-state index in [0.717, 1.165) is 12.0 Å². The van der Waals surface area contributed by atoms with Crippen LogP contribution in [-0.4, -0.2) is 10.1 Å². The monoisotopic (exact) mass is 229 g/mol. The van der Waals surface area contributed by atoms with Crippen LogP contribution in [0.2, 0.25) is 0 Å². The van der Waals surface area contributed by atoms with Crippen molar-refractivity contribution in [1.82, 2.24) is 4.98 Å². The Morgan fingerprint density at radius 1 is 1.19 bits per heavy atom. The fraction of sp³-hybridized carbons (Fsp3) is 0.0769. The van der Waals surface area contributed by atoms with E-state index in [1.165, 1.54) is 5.56 Å². The normalized spacial score (nSPS) is 10.1. The molecule has 3 heteroatoms. The van der Waals surface area contributed by atoms with Crippen molar-refractivity contribution in [3.05, 3.63) is 65.5 Å². The number of carbonyl (C=O) groups is 1. The van der Waals surface area contributed by atoms with Gasteiger partial charge in [0.25, 0.3) is 0 Å². The molecule has 2 rings (SSSR count). The molecule has 2 nitrogen and oxygen atoms in total. The van der Waals surface area contributed by atoms with E-state index in [1.807, 2.05) is 36.4 Å². The fourth-order valence-electron chi connectivity index (χ4n) is 1.59. The maximum Gasteiger partial charge on any atom is 0.218 e. The van der Waals surface area contributed by atoms with Crippen molar-refractivity contribution in [3.8, 4) is 0 Å². The van der Waals surface area contributed by atoms with Crippen LogP contribution in [-0.2, 0) is 6.42 Å². The zero-order chi connectivity index (χ0) is 11.4. The van der Waals surface area contributed by atoms with E-state index >= 15 is 0 Å². The maximum atomic E-state index is 11.3. The quantitative estimate of drug-likeness (QED) is 0.820. The van der Waals surface area contributed by atoms with Gasteiger partial charge >= 0.3 is 0 Å². The Bertz CT molecular complexity index is 496. The standard InChI is InChI=1S/C13H11NOS/c15-13(16)12-9-14-7-6-11(12)8-10-4-2-1-3-5-10/h1-7,9H,8H2,(H,15,16). The molecule has 2 aromatic rings. The minimum Gasteiger partial charge on any atom is -0.282 e. The first-order valence-electron chi connectivity index (χ1n) is 4.97. The minimum atomic E-state index is -0.237. The highest BCUT2D eigenvalue weighted by Gasteiger charge is 2.07. The zero-order valence-corrected chi connectivity index (χ0v) is 9.52. The summed E-state index contributed by atoms with van der Waals surface area (Å²) in [6, 6.07) is 11.9. The van der Waals surface area contributed by atoms with Crippen molar-refractivity contribution in [2.75, 3.05) is 0 Å². The van der Waals surface area contributed by atoms with Gasteiger partial charge in [-0.3, -0.25) is 9.78 Å². The van der Waals surface area contributed by atoms with Crippen LogP contribution in [0, 0.1) is 0 Å². The molecule has 1 aromatic heterocycles. The van der Waals surface area contributed by atoms with Crippen molar-refractivity contribution in [2.24, 2.45) is 0 Å². The first-order valence-corrected chi connectivity index (χ1v) is 5.42. The predicted molar refractivity (Wildman–Crippen MR) is 66.8 cm³/mol. The molecular formula is C13H11NOS. The average Bonchev–Trinajstić information content (AvgIpc) is 2.31. The van der Waals surface area contributed by atoms with Crippen LogP contribution >= 0.6 is 12.6 Å². The second-order valence-electron chi connectivity index (χ2n) is 3.50. The first-order chi connectivity index (χ1) is 7.77. The van der Waals surface area contributed by atoms with Gasteiger partial charge in [-0.2, -0.15) is 0 Å². The molecule has 0 fully saturated rings. The molecule has 0 saturated carbocycles. The lowest BCUT2D eigenvalue weighted by Crippen LogP contribution is -1.99. The van der Waals surface area contributed by atoms with Gasteiger partial charge in [0.05, 0.1) is 5.56 Å². The summed E-state index contributed by atoms with van der Waals surface area (Å²) in [7, 11) is 0. The van der Waals surface area contributed by atoms with E-state index in [-0.39, 0.29) is 5.12 Å². The highest BCUT2D eigenvalue weighted by molar-refractivity contribution is 7.97. The molecule has 0 bridgehead atoms. The largest absolute Gasteiger partial charge is 0.282 e. The smallest absolute Gasteiger partial charge is 0.218 e. The number of hydrogen-bond donors (Lipinski definition) is 1. The summed E-state index contributed by atoms with van der Waals surface area (Å²) < 4.78 is 0. The number of hydrogen-bond acceptors (Lipinski definition) is 2. The second kappa shape index (κ2) is 4.94. The summed E-state index contributed by atoms with van der Waals surface area (Å²) in [6.45, 7) is 0. The Labute approximate surface area is 99.8 Å². The van der Waals surface area contributed by atoms with Gasteiger partial charge < -0.3 is 0 Å². The molecule has 0 aliphatic heterocycles. The molecule has 0 radical (unpaired) electrons. The maximum absolute atomic E-state index is 11.3. The van der Waals surface area contributed by atoms with Crippen molar-refractivity contribution in [3.63, 3.8) is 0 Å². The molecule has 0 amide bonds. The van der Waals surface area contributed by atoms with Gasteiger partial charge in [-0.1, -0.05) is 30.3 Å². The lowest BCUT2D eigenvalue weighted by molar-refractivity contribution is 0.109. The number of nitrogens with zero attached hydrogens (tertiary/aromatic N) is 1. The fourth-order valence-corrected chi connectivity index (χ4v) is 1.79. The third kappa shape index (κ3) is 2.49. The second-order valence-corrected chi connectivity index (χ2v) is 3.91. The molecule has 16 heavy (non-hydrogen) atoms. The van der Waals surface area contributed by atoms with Crippen LogP contribution in [0.3, 0.4) is 0 Å². The molecule has 1 aromatic carbocycles. The average molecular weight is 229 g/mol. The van der Waals surface area contributed by atoms with E-state index in [4.69, 9.17) is 0 Å². The molecule has 0 N–H and O–H groups in total. The number of carbonyl (C=O) groups excluding carboxylic acids is 1. The van der Waals surface area contributed by atoms with Crippen LogP contribution in [0.25, 0.3) is 0 Å². The Kier molecular flexibility index (Phi) is 3.37. The van der Waals surface area contributed by atoms with Crippen LogP contribution in [0.1, 0.15) is 21.5 Å². The highest BCUT2D eigenvalue weighted by atomic mass is 32.1. The topological polar surface area (TPSA) is 30.0 Å². The molecular weight excluding hydrogens is 218 g/mol. The van der Waals surface area contributed by atoms with E-state index in [2.05, 4.69) is 17.6 Å². The van der Waals surface area contributed by atoms with Crippen molar-refractivity contribution < 1.29 is 4.79 Å². The van der Waals surface area contributed by atoms with Gasteiger partial charge in [0.2, 0.25) is 5.12 Å². The van der Waals surface area contributed by atoms with Crippen LogP contribution in [0.5, 0.6) is 0 Å². The SMILES string of the molecule is O=C(S)c1cnccc1Cc1ccccc1. The molecule has 0 unspecified atom stereocenters. The number of aromatic nitrogens is 1. The minimum absolute atomic E-state index is 0.237. The molecule has 0 saturated heterocycles. The Hall–Kier alpha value is -1.61. The van der Waals surface area contributed by atoms with Gasteiger partial charge in [-0.15, -0.1) is 12.6 Å². The van der Waals surface area contributed by atoms with E-state index in [1.54, 1.807) is 12.4 Å². The number of thiol groups is 1. The molecule has 0 aliphatic rings. The molecule has 0 atom stereocenters. The van der Waals surface area contributed by atoms with Gasteiger partial charge in [-0.25, -0.2) is 0 Å². The van der Waals surface area contributed by atoms with E-state index in [9.17, 15) is 4.79 Å². The summed E-state index contributed by atoms with van der Waals surface area (Å²) in [4.78, 5) is 15.2. The van der Waals surface area contributed by atoms with Crippen LogP contribution in [0.4, 0.5) is 0 Å². The van der Waals surface area contributed by atoms with Gasteiger partial charge in [0.15, 0.2) is 0 Å². The molecule has 0 aliphatic carbocycles. The summed E-state index contributed by atoms with van der Waals surface area (Å²) in [5, 5.41) is -0.237. The summed E-state index contributed by atoms with van der Waals surface area (Å²) >= 11 is 3.84. The molecule has 80 valence electrons. The third-order valence-electron chi connectivity index (χ3n) is 2.38. The summed E-state index contributed by atoms with van der Waals surface area (Å²) in [5.41, 5.74) is 2.71. The Morgan fingerprint density at radius 3 is 2.62 bits per heavy atom. The number of benzene rings is 1. The molecule has 1 heterocycles. The van der Waals surface area contributed by atoms with Crippen molar-refractivity contribution in [1.29, 1.82) is 0 Å². The van der Waals surface area contributed by atoms with Crippen molar-refractivity contribution >= 4 is 17.7 Å². The van der Waals surface area contributed by atoms with Crippen LogP contribution in [0.15, 0.2) is 48.8 Å². The van der Waals surface area contributed by atoms with E-state index < -0.39 is 0 Å². The van der Waals surface area contributed by atoms with Crippen molar-refractivity contribution in [2.45, 2.75) is 6.42 Å². The Balaban J connectivity index is 2.31. The summed E-state index contributed by atoms with van der Waals surface area (Å²) in [5.74, 6) is 0. The lowest BCUT2D eigenvalue weighted by atomic mass is 10.0. The van der Waals surface area contributed by atoms with Gasteiger partial charge in [-0.05, 0) is 23.6 Å². The Morgan fingerprint density at radius 2 is 1.94 bits per heavy atom. The molecule has 0 spiro atoms. The third-order valence-corrected chi connectivity index (χ3v) is 2.62. The zero-order valence-electron chi connectivity index (χ0n) is 8.63. The van der Waals surface area contributed by atoms with E-state index in [0.29, 0.717) is 5.56 Å². The number of rotatable bonds is 3. The highest BCUT2D eigenvalue weighted by Crippen LogP contribution is 2.14. The lowest BCUT2D eigenvalue weighted by Gasteiger charge is -2.05. The van der Waals surface area contributed by atoms with Gasteiger partial charge in [0, 0.05) is 12.4 Å². The predicted octanol–water partition coefficient (Wildman–Crippen LogP) is 2.74. The first kappa shape index (κ1) is 10.9. The summed E-state index contributed by atoms with van der Waals surface area (Å²) in [6.07, 6.45) is 3.98. The van der Waals surface area contributed by atoms with Gasteiger partial charge in [0.1, 0.15) is 0 Å².